The van der Waals surface area contributed by atoms with Crippen LogP contribution in [-0.2, 0) is 17.7 Å². The van der Waals surface area contributed by atoms with Gasteiger partial charge >= 0.3 is 5.97 Å². The molecule has 1 saturated heterocycles. The molecule has 0 amide bonds. The molecule has 4 aromatic rings. The van der Waals surface area contributed by atoms with Gasteiger partial charge in [0.25, 0.3) is 0 Å². The average molecular weight is 563 g/mol. The molecule has 1 unspecified atom stereocenters. The van der Waals surface area contributed by atoms with Crippen molar-refractivity contribution in [1.29, 1.82) is 0 Å². The van der Waals surface area contributed by atoms with Crippen LogP contribution >= 0.6 is 0 Å². The quantitative estimate of drug-likeness (QED) is 0.287. The molecule has 0 saturated carbocycles. The van der Waals surface area contributed by atoms with Crippen LogP contribution in [0.4, 0.5) is 20.2 Å². The molecule has 12 heteroatoms. The number of nitrogens with zero attached hydrogens (tertiary/aromatic N) is 4. The number of halogens is 2. The molecule has 0 spiro atoms. The molecule has 1 aliphatic carbocycles. The molecule has 4 heterocycles. The van der Waals surface area contributed by atoms with Crippen molar-refractivity contribution < 1.29 is 23.4 Å². The second kappa shape index (κ2) is 10.2. The topological polar surface area (TPSA) is 122 Å². The summed E-state index contributed by atoms with van der Waals surface area (Å²) in [6.45, 7) is 2.04. The zero-order valence-corrected chi connectivity index (χ0v) is 22.7. The fourth-order valence-corrected chi connectivity index (χ4v) is 5.80. The summed E-state index contributed by atoms with van der Waals surface area (Å²) in [5.74, 6) is -3.26. The minimum Gasteiger partial charge on any atom is -0.477 e. The van der Waals surface area contributed by atoms with Crippen molar-refractivity contribution in [3.63, 3.8) is 0 Å². The van der Waals surface area contributed by atoms with Crippen LogP contribution in [0.1, 0.15) is 21.6 Å². The van der Waals surface area contributed by atoms with Gasteiger partial charge in [-0.15, -0.1) is 0 Å². The Balaban J connectivity index is 1.56. The van der Waals surface area contributed by atoms with Crippen LogP contribution < -0.4 is 21.0 Å². The van der Waals surface area contributed by atoms with Gasteiger partial charge in [-0.05, 0) is 11.6 Å². The first-order chi connectivity index (χ1) is 19.7. The second-order valence-corrected chi connectivity index (χ2v) is 10.4. The molecule has 3 aromatic heterocycles. The largest absolute Gasteiger partial charge is 0.477 e. The molecular formula is C29H28F2N6O4. The molecule has 6 rings (SSSR count). The van der Waals surface area contributed by atoms with Gasteiger partial charge in [0.05, 0.1) is 30.0 Å². The molecule has 0 radical (unpaired) electrons. The highest BCUT2D eigenvalue weighted by Crippen LogP contribution is 2.49. The second-order valence-electron chi connectivity index (χ2n) is 10.4. The predicted molar refractivity (Wildman–Crippen MR) is 151 cm³/mol. The Kier molecular flexibility index (Phi) is 6.66. The number of morpholine rings is 1. The first-order valence-corrected chi connectivity index (χ1v) is 13.2. The summed E-state index contributed by atoms with van der Waals surface area (Å²) in [6.07, 6.45) is 4.84. The number of hydrogen-bond donors (Lipinski definition) is 3. The third-order valence-electron chi connectivity index (χ3n) is 7.64. The van der Waals surface area contributed by atoms with Crippen LogP contribution in [0.15, 0.2) is 35.5 Å². The summed E-state index contributed by atoms with van der Waals surface area (Å²) in [4.78, 5) is 36.3. The summed E-state index contributed by atoms with van der Waals surface area (Å²) in [5.41, 5.74) is 3.21. The van der Waals surface area contributed by atoms with E-state index in [4.69, 9.17) is 4.74 Å². The van der Waals surface area contributed by atoms with Crippen molar-refractivity contribution in [2.24, 2.45) is 0 Å². The van der Waals surface area contributed by atoms with E-state index in [1.807, 2.05) is 0 Å². The van der Waals surface area contributed by atoms with E-state index in [1.165, 1.54) is 6.20 Å². The Morgan fingerprint density at radius 2 is 2.05 bits per heavy atom. The lowest BCUT2D eigenvalue weighted by atomic mass is 9.97. The average Bonchev–Trinajstić information content (AvgIpc) is 3.36. The number of carbonyl (C=O) groups is 1. The monoisotopic (exact) mass is 562 g/mol. The van der Waals surface area contributed by atoms with Gasteiger partial charge in [-0.1, -0.05) is 0 Å². The normalized spacial score (nSPS) is 16.0. The Bertz CT molecular complexity index is 1780. The van der Waals surface area contributed by atoms with E-state index in [2.05, 4.69) is 20.6 Å². The first kappa shape index (κ1) is 26.8. The number of hydrogen-bond acceptors (Lipinski definition) is 8. The van der Waals surface area contributed by atoms with Gasteiger partial charge in [-0.25, -0.2) is 18.6 Å². The number of pyridine rings is 3. The number of nitrogens with one attached hydrogen (secondary N) is 2. The third kappa shape index (κ3) is 4.39. The Morgan fingerprint density at radius 3 is 2.73 bits per heavy atom. The SMILES string of the molecule is CNc1cc(F)c(F)c2c1Cc1ncc(-c3cnc4c(c3)c(=O)c(C(=O)O)cn4CC3COCCN3)c(N(C)C)c1-2. The van der Waals surface area contributed by atoms with Crippen molar-refractivity contribution in [3.8, 4) is 22.3 Å². The van der Waals surface area contributed by atoms with Gasteiger partial charge < -0.3 is 29.9 Å². The maximum Gasteiger partial charge on any atom is 0.341 e. The van der Waals surface area contributed by atoms with E-state index in [-0.39, 0.29) is 22.6 Å². The Hall–Kier alpha value is -4.42. The zero-order chi connectivity index (χ0) is 29.0. The highest BCUT2D eigenvalue weighted by atomic mass is 19.2. The van der Waals surface area contributed by atoms with E-state index < -0.39 is 23.0 Å². The molecule has 41 heavy (non-hydrogen) atoms. The standard InChI is InChI=1S/C29H28F2N6O4/c1-32-21-8-20(30)25(31)23-16(21)7-22-24(23)26(36(2)3)18(10-34-22)14-6-17-27(38)19(29(39)40)12-37(28(17)35-9-14)11-15-13-41-5-4-33-15/h6,8-10,12,15,32-33H,4-5,7,11,13H2,1-3H3,(H,39,40). The zero-order valence-electron chi connectivity index (χ0n) is 22.7. The molecular weight excluding hydrogens is 534 g/mol. The predicted octanol–water partition coefficient (Wildman–Crippen LogP) is 3.10. The maximum atomic E-state index is 15.3. The number of aromatic nitrogens is 3. The lowest BCUT2D eigenvalue weighted by Crippen LogP contribution is -2.44. The summed E-state index contributed by atoms with van der Waals surface area (Å²) >= 11 is 0. The maximum absolute atomic E-state index is 15.3. The van der Waals surface area contributed by atoms with E-state index in [0.29, 0.717) is 77.7 Å². The summed E-state index contributed by atoms with van der Waals surface area (Å²) in [6, 6.07) is 2.64. The molecule has 212 valence electrons. The fraction of sp³-hybridized carbons (Fsp3) is 0.310. The highest BCUT2D eigenvalue weighted by Gasteiger charge is 2.33. The minimum absolute atomic E-state index is 0.0864. The van der Waals surface area contributed by atoms with Gasteiger partial charge in [-0.3, -0.25) is 9.78 Å². The van der Waals surface area contributed by atoms with Crippen LogP contribution in [0, 0.1) is 11.6 Å². The number of carboxylic acids is 1. The van der Waals surface area contributed by atoms with Crippen LogP contribution in [0.2, 0.25) is 0 Å². The molecule has 1 aliphatic heterocycles. The minimum atomic E-state index is -1.34. The lowest BCUT2D eigenvalue weighted by Gasteiger charge is -2.25. The number of benzene rings is 1. The number of aromatic carboxylic acids is 1. The third-order valence-corrected chi connectivity index (χ3v) is 7.64. The van der Waals surface area contributed by atoms with Gasteiger partial charge in [-0.2, -0.15) is 0 Å². The molecule has 10 nitrogen and oxygen atoms in total. The van der Waals surface area contributed by atoms with Crippen molar-refractivity contribution in [2.45, 2.75) is 19.0 Å². The Labute approximate surface area is 233 Å². The van der Waals surface area contributed by atoms with Gasteiger partial charge in [0.15, 0.2) is 11.6 Å². The number of ether oxygens (including phenoxy) is 1. The molecule has 0 bridgehead atoms. The molecule has 1 fully saturated rings. The fourth-order valence-electron chi connectivity index (χ4n) is 5.80. The number of fused-ring (bicyclic) bond motifs is 4. The van der Waals surface area contributed by atoms with Crippen LogP contribution in [-0.4, -0.2) is 72.6 Å². The van der Waals surface area contributed by atoms with Gasteiger partial charge in [0, 0.05) is 99.3 Å². The van der Waals surface area contributed by atoms with E-state index in [1.54, 1.807) is 49.1 Å². The van der Waals surface area contributed by atoms with E-state index >= 15 is 4.39 Å². The first-order valence-electron chi connectivity index (χ1n) is 13.2. The van der Waals surface area contributed by atoms with Crippen LogP contribution in [0.25, 0.3) is 33.3 Å². The van der Waals surface area contributed by atoms with Crippen molar-refractivity contribution in [3.05, 3.63) is 69.4 Å². The molecule has 2 aliphatic rings. The molecule has 3 N–H and O–H groups in total. The van der Waals surface area contributed by atoms with Crippen molar-refractivity contribution >= 4 is 28.4 Å². The molecule has 1 atom stereocenters. The van der Waals surface area contributed by atoms with Gasteiger partial charge in [0.2, 0.25) is 5.43 Å². The number of anilines is 2. The Morgan fingerprint density at radius 1 is 1.24 bits per heavy atom. The summed E-state index contributed by atoms with van der Waals surface area (Å²) in [5, 5.41) is 16.2. The summed E-state index contributed by atoms with van der Waals surface area (Å²) in [7, 11) is 5.23. The van der Waals surface area contributed by atoms with Crippen LogP contribution in [0.5, 0.6) is 0 Å². The van der Waals surface area contributed by atoms with Crippen molar-refractivity contribution in [1.82, 2.24) is 19.9 Å². The van der Waals surface area contributed by atoms with Gasteiger partial charge in [0.1, 0.15) is 11.2 Å². The molecule has 1 aromatic carbocycles. The smallest absolute Gasteiger partial charge is 0.341 e. The van der Waals surface area contributed by atoms with Crippen LogP contribution in [0.3, 0.4) is 0 Å². The van der Waals surface area contributed by atoms with Crippen molar-refractivity contribution in [2.75, 3.05) is 51.1 Å². The van der Waals surface area contributed by atoms with E-state index in [9.17, 15) is 19.1 Å². The summed E-state index contributed by atoms with van der Waals surface area (Å²) < 4.78 is 37.1. The van der Waals surface area contributed by atoms with E-state index in [0.717, 1.165) is 6.07 Å². The highest BCUT2D eigenvalue weighted by molar-refractivity contribution is 5.98. The number of carboxylic acid groups (broad SMARTS) is 1. The lowest BCUT2D eigenvalue weighted by molar-refractivity contribution is 0.0690. The number of rotatable bonds is 6.